The lowest BCUT2D eigenvalue weighted by Crippen LogP contribution is -2.50. The van der Waals surface area contributed by atoms with Gasteiger partial charge in [-0.1, -0.05) is 18.2 Å². The molecule has 9 nitrogen and oxygen atoms in total. The maximum atomic E-state index is 12.6. The van der Waals surface area contributed by atoms with E-state index in [0.717, 1.165) is 30.4 Å². The molecule has 0 saturated carbocycles. The van der Waals surface area contributed by atoms with Crippen molar-refractivity contribution in [2.24, 2.45) is 4.99 Å². The number of rotatable bonds is 8. The second-order valence-corrected chi connectivity index (χ2v) is 7.74. The minimum atomic E-state index is -0.0267. The number of piperazine rings is 1. The van der Waals surface area contributed by atoms with Crippen LogP contribution in [0.3, 0.4) is 0 Å². The molecule has 2 N–H and O–H groups in total. The predicted octanol–water partition coefficient (Wildman–Crippen LogP) is 2.07. The van der Waals surface area contributed by atoms with Crippen molar-refractivity contribution in [3.63, 3.8) is 0 Å². The Labute approximate surface area is 213 Å². The number of aromatic nitrogens is 2. The monoisotopic (exact) mass is 567 g/mol. The van der Waals surface area contributed by atoms with Crippen LogP contribution in [-0.4, -0.2) is 79.2 Å². The Morgan fingerprint density at radius 2 is 1.82 bits per heavy atom. The van der Waals surface area contributed by atoms with Crippen molar-refractivity contribution in [3.05, 3.63) is 48.3 Å². The number of hydrogen-bond acceptors (Lipinski definition) is 6. The molecule has 1 unspecified atom stereocenters. The Morgan fingerprint density at radius 3 is 2.48 bits per heavy atom. The molecular formula is C23H34IN7O2. The second-order valence-electron chi connectivity index (χ2n) is 7.74. The molecular weight excluding hydrogens is 533 g/mol. The van der Waals surface area contributed by atoms with Crippen molar-refractivity contribution in [3.8, 4) is 5.75 Å². The summed E-state index contributed by atoms with van der Waals surface area (Å²) in [6.07, 6.45) is 3.86. The van der Waals surface area contributed by atoms with Gasteiger partial charge in [0.2, 0.25) is 11.9 Å². The number of para-hydroxylation sites is 1. The highest BCUT2D eigenvalue weighted by molar-refractivity contribution is 14.0. The van der Waals surface area contributed by atoms with E-state index < -0.39 is 0 Å². The number of aliphatic imine (C=N–C) groups is 1. The van der Waals surface area contributed by atoms with Crippen LogP contribution in [0.5, 0.6) is 5.75 Å². The van der Waals surface area contributed by atoms with Gasteiger partial charge in [-0.2, -0.15) is 0 Å². The lowest BCUT2D eigenvalue weighted by molar-refractivity contribution is -0.131. The highest BCUT2D eigenvalue weighted by atomic mass is 127. The Balaban J connectivity index is 0.00000385. The average molecular weight is 567 g/mol. The van der Waals surface area contributed by atoms with Gasteiger partial charge in [0.15, 0.2) is 5.96 Å². The fourth-order valence-corrected chi connectivity index (χ4v) is 3.46. The van der Waals surface area contributed by atoms with Gasteiger partial charge in [-0.25, -0.2) is 9.97 Å². The summed E-state index contributed by atoms with van der Waals surface area (Å²) in [4.78, 5) is 29.4. The minimum absolute atomic E-state index is 0. The molecule has 1 amide bonds. The van der Waals surface area contributed by atoms with E-state index in [1.165, 1.54) is 0 Å². The fourth-order valence-electron chi connectivity index (χ4n) is 3.46. The van der Waals surface area contributed by atoms with Gasteiger partial charge in [0.25, 0.3) is 0 Å². The van der Waals surface area contributed by atoms with E-state index in [0.29, 0.717) is 38.6 Å². The summed E-state index contributed by atoms with van der Waals surface area (Å²) in [6.45, 7) is 8.00. The first-order chi connectivity index (χ1) is 15.6. The van der Waals surface area contributed by atoms with E-state index in [4.69, 9.17) is 4.74 Å². The van der Waals surface area contributed by atoms with Crippen molar-refractivity contribution in [1.29, 1.82) is 0 Å². The normalized spacial score (nSPS) is 14.8. The number of nitrogens with zero attached hydrogens (tertiary/aromatic N) is 5. The molecule has 1 aromatic carbocycles. The fraction of sp³-hybridized carbons (Fsp3) is 0.478. The Hall–Kier alpha value is -2.63. The number of carbonyl (C=O) groups is 1. The number of nitrogens with one attached hydrogen (secondary N) is 2. The summed E-state index contributed by atoms with van der Waals surface area (Å²) >= 11 is 0. The molecule has 3 rings (SSSR count). The highest BCUT2D eigenvalue weighted by Crippen LogP contribution is 2.17. The number of benzene rings is 1. The van der Waals surface area contributed by atoms with E-state index in [-0.39, 0.29) is 36.0 Å². The summed E-state index contributed by atoms with van der Waals surface area (Å²) in [7, 11) is 1.72. The van der Waals surface area contributed by atoms with Gasteiger partial charge in [0, 0.05) is 58.6 Å². The van der Waals surface area contributed by atoms with E-state index in [1.54, 1.807) is 25.5 Å². The summed E-state index contributed by atoms with van der Waals surface area (Å²) in [5.74, 6) is 2.40. The zero-order chi connectivity index (χ0) is 22.8. The Morgan fingerprint density at radius 1 is 1.12 bits per heavy atom. The van der Waals surface area contributed by atoms with E-state index in [9.17, 15) is 4.79 Å². The van der Waals surface area contributed by atoms with Gasteiger partial charge in [0.05, 0.1) is 6.54 Å². The number of carbonyl (C=O) groups excluding carboxylic acids is 1. The first kappa shape index (κ1) is 26.6. The standard InChI is InChI=1S/C23H33N7O2.HI/c1-18-7-4-5-8-20(18)32-19(2)17-28-22(24-3)25-12-9-21(31)29-13-15-30(16-14-29)23-26-10-6-11-27-23;/h4-8,10-11,19H,9,12-17H2,1-3H3,(H2,24,25,28);1H. The van der Waals surface area contributed by atoms with Gasteiger partial charge >= 0.3 is 0 Å². The molecule has 2 aromatic rings. The Bertz CT molecular complexity index is 889. The summed E-state index contributed by atoms with van der Waals surface area (Å²) < 4.78 is 5.98. The molecule has 180 valence electrons. The van der Waals surface area contributed by atoms with Crippen LogP contribution in [0, 0.1) is 6.92 Å². The van der Waals surface area contributed by atoms with Crippen LogP contribution in [-0.2, 0) is 4.79 Å². The maximum absolute atomic E-state index is 12.6. The van der Waals surface area contributed by atoms with E-state index in [2.05, 4.69) is 30.5 Å². The number of ether oxygens (including phenoxy) is 1. The summed E-state index contributed by atoms with van der Waals surface area (Å²) in [5.41, 5.74) is 1.11. The van der Waals surface area contributed by atoms with Crippen molar-refractivity contribution < 1.29 is 9.53 Å². The minimum Gasteiger partial charge on any atom is -0.489 e. The van der Waals surface area contributed by atoms with Crippen LogP contribution in [0.2, 0.25) is 0 Å². The predicted molar refractivity (Wildman–Crippen MR) is 141 cm³/mol. The first-order valence-electron chi connectivity index (χ1n) is 11.0. The lowest BCUT2D eigenvalue weighted by atomic mass is 10.2. The van der Waals surface area contributed by atoms with Crippen molar-refractivity contribution >= 4 is 41.8 Å². The van der Waals surface area contributed by atoms with Crippen molar-refractivity contribution in [2.45, 2.75) is 26.4 Å². The van der Waals surface area contributed by atoms with E-state index in [1.807, 2.05) is 43.0 Å². The topological polar surface area (TPSA) is 95.0 Å². The van der Waals surface area contributed by atoms with Gasteiger partial charge in [-0.3, -0.25) is 9.79 Å². The highest BCUT2D eigenvalue weighted by Gasteiger charge is 2.22. The van der Waals surface area contributed by atoms with Crippen LogP contribution in [0.15, 0.2) is 47.7 Å². The maximum Gasteiger partial charge on any atom is 0.225 e. The Kier molecular flexibility index (Phi) is 11.1. The third kappa shape index (κ3) is 8.34. The largest absolute Gasteiger partial charge is 0.489 e. The molecule has 0 radical (unpaired) electrons. The van der Waals surface area contributed by atoms with Crippen LogP contribution in [0.1, 0.15) is 18.9 Å². The second kappa shape index (κ2) is 13.8. The SMILES string of the molecule is CN=C(NCCC(=O)N1CCN(c2ncccn2)CC1)NCC(C)Oc1ccccc1C.I. The molecule has 1 aliphatic heterocycles. The summed E-state index contributed by atoms with van der Waals surface area (Å²) in [5, 5.41) is 6.46. The number of aryl methyl sites for hydroxylation is 1. The lowest BCUT2D eigenvalue weighted by Gasteiger charge is -2.34. The molecule has 1 aliphatic rings. The summed E-state index contributed by atoms with van der Waals surface area (Å²) in [6, 6.07) is 9.77. The molecule has 1 aromatic heterocycles. The third-order valence-corrected chi connectivity index (χ3v) is 5.30. The number of guanidine groups is 1. The quantitative estimate of drug-likeness (QED) is 0.287. The third-order valence-electron chi connectivity index (χ3n) is 5.30. The number of hydrogen-bond donors (Lipinski definition) is 2. The van der Waals surface area contributed by atoms with Crippen molar-refractivity contribution in [2.75, 3.05) is 51.2 Å². The average Bonchev–Trinajstić information content (AvgIpc) is 2.83. The first-order valence-corrected chi connectivity index (χ1v) is 11.0. The smallest absolute Gasteiger partial charge is 0.225 e. The molecule has 0 bridgehead atoms. The molecule has 1 saturated heterocycles. The zero-order valence-electron chi connectivity index (χ0n) is 19.5. The zero-order valence-corrected chi connectivity index (χ0v) is 21.9. The molecule has 10 heteroatoms. The van der Waals surface area contributed by atoms with E-state index >= 15 is 0 Å². The van der Waals surface area contributed by atoms with Gasteiger partial charge in [0.1, 0.15) is 11.9 Å². The van der Waals surface area contributed by atoms with Gasteiger partial charge < -0.3 is 25.2 Å². The van der Waals surface area contributed by atoms with Crippen LogP contribution >= 0.6 is 24.0 Å². The van der Waals surface area contributed by atoms with Gasteiger partial charge in [-0.05, 0) is 31.5 Å². The number of amides is 1. The number of anilines is 1. The van der Waals surface area contributed by atoms with Gasteiger partial charge in [-0.15, -0.1) is 24.0 Å². The molecule has 0 aliphatic carbocycles. The molecule has 33 heavy (non-hydrogen) atoms. The van der Waals surface area contributed by atoms with Crippen LogP contribution in [0.4, 0.5) is 5.95 Å². The number of halogens is 1. The molecule has 1 fully saturated rings. The van der Waals surface area contributed by atoms with Crippen molar-refractivity contribution in [1.82, 2.24) is 25.5 Å². The molecule has 1 atom stereocenters. The molecule has 0 spiro atoms. The van der Waals surface area contributed by atoms with Crippen LogP contribution < -0.4 is 20.3 Å². The van der Waals surface area contributed by atoms with Crippen LogP contribution in [0.25, 0.3) is 0 Å². The molecule has 2 heterocycles.